The maximum Gasteiger partial charge on any atom is 0.251 e. The average molecular weight is 443 g/mol. The minimum Gasteiger partial charge on any atom is -0.496 e. The van der Waals surface area contributed by atoms with Gasteiger partial charge in [0, 0.05) is 32.5 Å². The van der Waals surface area contributed by atoms with E-state index in [-0.39, 0.29) is 11.9 Å². The van der Waals surface area contributed by atoms with Crippen molar-refractivity contribution in [3.05, 3.63) is 83.4 Å². The number of benzene rings is 3. The van der Waals surface area contributed by atoms with E-state index in [1.807, 2.05) is 54.6 Å². The Morgan fingerprint density at radius 3 is 2.50 bits per heavy atom. The number of hydrogen-bond donors (Lipinski definition) is 1. The van der Waals surface area contributed by atoms with Gasteiger partial charge < -0.3 is 10.1 Å². The molecule has 1 aliphatic heterocycles. The molecule has 2 aliphatic rings. The molecule has 0 spiro atoms. The molecule has 0 atom stereocenters. The van der Waals surface area contributed by atoms with Crippen LogP contribution in [0.3, 0.4) is 0 Å². The summed E-state index contributed by atoms with van der Waals surface area (Å²) in [4.78, 5) is 20.2. The van der Waals surface area contributed by atoms with E-state index in [1.54, 1.807) is 18.9 Å². The van der Waals surface area contributed by atoms with Crippen LogP contribution in [0.4, 0.5) is 5.69 Å². The van der Waals surface area contributed by atoms with Crippen molar-refractivity contribution in [2.24, 2.45) is 4.99 Å². The summed E-state index contributed by atoms with van der Waals surface area (Å²) in [6.45, 7) is 0. The van der Waals surface area contributed by atoms with Crippen LogP contribution in [0.5, 0.6) is 5.75 Å². The van der Waals surface area contributed by atoms with Crippen molar-refractivity contribution in [3.63, 3.8) is 0 Å². The second kappa shape index (κ2) is 9.21. The normalized spacial score (nSPS) is 15.7. The van der Waals surface area contributed by atoms with Crippen LogP contribution in [0.2, 0.25) is 0 Å². The number of nitrogens with one attached hydrogen (secondary N) is 1. The minimum atomic E-state index is -0.0134. The van der Waals surface area contributed by atoms with Gasteiger partial charge in [0.2, 0.25) is 0 Å². The molecule has 4 nitrogen and oxygen atoms in total. The summed E-state index contributed by atoms with van der Waals surface area (Å²) >= 11 is 1.68. The lowest BCUT2D eigenvalue weighted by atomic mass is 9.95. The van der Waals surface area contributed by atoms with Gasteiger partial charge in [-0.3, -0.25) is 4.79 Å². The summed E-state index contributed by atoms with van der Waals surface area (Å²) in [7, 11) is 1.68. The van der Waals surface area contributed by atoms with E-state index in [1.165, 1.54) is 19.3 Å². The van der Waals surface area contributed by atoms with Crippen LogP contribution < -0.4 is 10.1 Å². The van der Waals surface area contributed by atoms with Crippen molar-refractivity contribution in [1.29, 1.82) is 0 Å². The Kier molecular flexibility index (Phi) is 5.99. The van der Waals surface area contributed by atoms with E-state index in [2.05, 4.69) is 17.4 Å². The number of nitrogens with zero attached hydrogens (tertiary/aromatic N) is 1. The lowest BCUT2D eigenvalue weighted by Gasteiger charge is -2.22. The lowest BCUT2D eigenvalue weighted by Crippen LogP contribution is -2.36. The first-order valence-corrected chi connectivity index (χ1v) is 12.0. The van der Waals surface area contributed by atoms with Gasteiger partial charge in [0.1, 0.15) is 5.75 Å². The van der Waals surface area contributed by atoms with E-state index >= 15 is 0 Å². The number of ether oxygens (including phenoxy) is 1. The molecule has 0 unspecified atom stereocenters. The summed E-state index contributed by atoms with van der Waals surface area (Å²) < 4.78 is 5.64. The first kappa shape index (κ1) is 20.8. The number of carbonyl (C=O) groups is 1. The van der Waals surface area contributed by atoms with E-state index in [0.29, 0.717) is 5.56 Å². The van der Waals surface area contributed by atoms with Crippen LogP contribution in [0.25, 0.3) is 0 Å². The number of para-hydroxylation sites is 1. The lowest BCUT2D eigenvalue weighted by molar-refractivity contribution is 0.0927. The van der Waals surface area contributed by atoms with Crippen molar-refractivity contribution in [1.82, 2.24) is 5.32 Å². The molecule has 5 rings (SSSR count). The second-order valence-electron chi connectivity index (χ2n) is 8.25. The number of carbonyl (C=O) groups excluding carboxylic acids is 1. The topological polar surface area (TPSA) is 50.7 Å². The summed E-state index contributed by atoms with van der Waals surface area (Å²) in [5.74, 6) is 0.765. The van der Waals surface area contributed by atoms with Crippen LogP contribution in [0.15, 0.2) is 81.5 Å². The maximum absolute atomic E-state index is 13.0. The number of fused-ring (bicyclic) bond motifs is 2. The molecule has 32 heavy (non-hydrogen) atoms. The summed E-state index contributed by atoms with van der Waals surface area (Å²) in [5.41, 5.74) is 4.32. The Hall–Kier alpha value is -3.05. The van der Waals surface area contributed by atoms with E-state index in [9.17, 15) is 4.79 Å². The van der Waals surface area contributed by atoms with Crippen molar-refractivity contribution in [2.45, 2.75) is 47.9 Å². The quantitative estimate of drug-likeness (QED) is 0.398. The molecule has 3 aromatic carbocycles. The van der Waals surface area contributed by atoms with Crippen molar-refractivity contribution >= 4 is 29.1 Å². The zero-order chi connectivity index (χ0) is 21.9. The standard InChI is InChI=1S/C27H26N2O2S/c1-31-23-13-7-5-11-20(23)26-21-12-6-8-14-24(21)32-25-16-15-18(17-22(25)29-26)27(30)28-19-9-3-2-4-10-19/h5-8,11-17,19H,2-4,9-10H2,1H3,(H,28,30). The molecular weight excluding hydrogens is 416 g/mol. The number of amides is 1. The Morgan fingerprint density at radius 2 is 1.69 bits per heavy atom. The summed E-state index contributed by atoms with van der Waals surface area (Å²) in [5, 5.41) is 3.22. The predicted molar refractivity (Wildman–Crippen MR) is 130 cm³/mol. The van der Waals surface area contributed by atoms with Crippen LogP contribution in [-0.4, -0.2) is 24.8 Å². The SMILES string of the molecule is COc1ccccc1C1=Nc2cc(C(=O)NC3CCCCC3)ccc2Sc2ccccc21. The fourth-order valence-electron chi connectivity index (χ4n) is 4.44. The third-order valence-corrected chi connectivity index (χ3v) is 7.26. The van der Waals surface area contributed by atoms with Crippen molar-refractivity contribution in [3.8, 4) is 5.75 Å². The number of aliphatic imine (C=N–C) groups is 1. The van der Waals surface area contributed by atoms with Crippen LogP contribution in [0, 0.1) is 0 Å². The van der Waals surface area contributed by atoms with Gasteiger partial charge in [-0.1, -0.05) is 61.4 Å². The molecule has 0 radical (unpaired) electrons. The Labute approximate surface area is 193 Å². The third-order valence-electron chi connectivity index (χ3n) is 6.12. The highest BCUT2D eigenvalue weighted by Gasteiger charge is 2.22. The zero-order valence-electron chi connectivity index (χ0n) is 18.1. The molecule has 3 aromatic rings. The van der Waals surface area contributed by atoms with E-state index in [0.717, 1.165) is 50.9 Å². The molecule has 0 bridgehead atoms. The van der Waals surface area contributed by atoms with Gasteiger partial charge in [-0.25, -0.2) is 4.99 Å². The summed E-state index contributed by atoms with van der Waals surface area (Å²) in [6, 6.07) is 22.3. The Bertz CT molecular complexity index is 1180. The highest BCUT2D eigenvalue weighted by Crippen LogP contribution is 2.42. The molecule has 1 amide bonds. The minimum absolute atomic E-state index is 0.0134. The van der Waals surface area contributed by atoms with Gasteiger partial charge in [-0.2, -0.15) is 0 Å². The highest BCUT2D eigenvalue weighted by atomic mass is 32.2. The van der Waals surface area contributed by atoms with Gasteiger partial charge in [0.25, 0.3) is 5.91 Å². The number of methoxy groups -OCH3 is 1. The largest absolute Gasteiger partial charge is 0.496 e. The number of hydrogen-bond acceptors (Lipinski definition) is 4. The predicted octanol–water partition coefficient (Wildman–Crippen LogP) is 6.39. The first-order valence-electron chi connectivity index (χ1n) is 11.2. The number of rotatable bonds is 4. The van der Waals surface area contributed by atoms with Crippen LogP contribution in [0.1, 0.15) is 53.6 Å². The smallest absolute Gasteiger partial charge is 0.251 e. The third kappa shape index (κ3) is 4.17. The van der Waals surface area contributed by atoms with Gasteiger partial charge in [-0.15, -0.1) is 0 Å². The van der Waals surface area contributed by atoms with Crippen LogP contribution >= 0.6 is 11.8 Å². The zero-order valence-corrected chi connectivity index (χ0v) is 19.0. The molecule has 1 fully saturated rings. The second-order valence-corrected chi connectivity index (χ2v) is 9.33. The molecule has 0 saturated heterocycles. The highest BCUT2D eigenvalue weighted by molar-refractivity contribution is 7.99. The van der Waals surface area contributed by atoms with Crippen LogP contribution in [-0.2, 0) is 0 Å². The van der Waals surface area contributed by atoms with E-state index in [4.69, 9.17) is 9.73 Å². The molecule has 1 N–H and O–H groups in total. The van der Waals surface area contributed by atoms with Crippen molar-refractivity contribution in [2.75, 3.05) is 7.11 Å². The van der Waals surface area contributed by atoms with Gasteiger partial charge >= 0.3 is 0 Å². The Balaban J connectivity index is 1.57. The van der Waals surface area contributed by atoms with Gasteiger partial charge in [0.15, 0.2) is 0 Å². The van der Waals surface area contributed by atoms with Gasteiger partial charge in [-0.05, 0) is 49.2 Å². The maximum atomic E-state index is 13.0. The molecule has 1 saturated carbocycles. The van der Waals surface area contributed by atoms with Crippen molar-refractivity contribution < 1.29 is 9.53 Å². The summed E-state index contributed by atoms with van der Waals surface area (Å²) in [6.07, 6.45) is 5.78. The van der Waals surface area contributed by atoms with E-state index < -0.39 is 0 Å². The molecule has 0 aromatic heterocycles. The monoisotopic (exact) mass is 442 g/mol. The molecule has 162 valence electrons. The fourth-order valence-corrected chi connectivity index (χ4v) is 5.45. The molecule has 1 aliphatic carbocycles. The molecule has 1 heterocycles. The Morgan fingerprint density at radius 1 is 0.938 bits per heavy atom. The first-order chi connectivity index (χ1) is 15.7. The molecule has 5 heteroatoms. The fraction of sp³-hybridized carbons (Fsp3) is 0.259. The molecular formula is C27H26N2O2S. The average Bonchev–Trinajstić information content (AvgIpc) is 3.01. The van der Waals surface area contributed by atoms with Gasteiger partial charge in [0.05, 0.1) is 18.5 Å².